The largest absolute Gasteiger partial charge is 0.504 e. The molecule has 10 nitrogen and oxygen atoms in total. The highest BCUT2D eigenvalue weighted by molar-refractivity contribution is 5.61. The van der Waals surface area contributed by atoms with Crippen LogP contribution in [0.3, 0.4) is 0 Å². The number of hydrogen-bond donors (Lipinski definition) is 5. The fourth-order valence-electron chi connectivity index (χ4n) is 6.73. The highest BCUT2D eigenvalue weighted by atomic mass is 16.6. The maximum Gasteiger partial charge on any atom is 0.212 e. The fourth-order valence-corrected chi connectivity index (χ4v) is 6.73. The smallest absolute Gasteiger partial charge is 0.212 e. The number of ether oxygens (including phenoxy) is 5. The van der Waals surface area contributed by atoms with Crippen LogP contribution in [-0.2, 0) is 32.1 Å². The molecule has 2 unspecified atom stereocenters. The molecule has 6 rings (SSSR count). The predicted molar refractivity (Wildman–Crippen MR) is 250 cm³/mol. The van der Waals surface area contributed by atoms with E-state index >= 15 is 0 Å². The highest BCUT2D eigenvalue weighted by Crippen LogP contribution is 2.49. The van der Waals surface area contributed by atoms with Crippen LogP contribution in [0, 0.1) is 0 Å². The monoisotopic (exact) mass is 860 g/mol. The summed E-state index contributed by atoms with van der Waals surface area (Å²) in [5, 5.41) is 55.9. The van der Waals surface area contributed by atoms with E-state index in [9.17, 15) is 25.5 Å². The first-order valence-electron chi connectivity index (χ1n) is 20.6. The number of phenols is 3. The number of phenolic OH excluding ortho intramolecular Hbond substituents is 3. The molecule has 0 radical (unpaired) electrons. The molecule has 10 heteroatoms. The fraction of sp³-hybridized carbons (Fsp3) is 0.148. The lowest BCUT2D eigenvalue weighted by atomic mass is 10.0. The SMILES string of the molecule is C=CCc1ccc(Oc2cc(CC=C)cc(O)c2OCC(O)C(O)c2cc(O)c(O)c(Oc3cc(CC=C)cc(Oc4ccc(CC=C)cc4)c3Oc3ccc(CC=C)cc3)c2)cc1. The Bertz CT molecular complexity index is 2580. The Labute approximate surface area is 373 Å². The number of aliphatic hydroxyl groups is 2. The molecule has 0 fully saturated rings. The molecular weight excluding hydrogens is 809 g/mol. The van der Waals surface area contributed by atoms with Crippen molar-refractivity contribution in [1.29, 1.82) is 0 Å². The van der Waals surface area contributed by atoms with Crippen LogP contribution in [0.5, 0.6) is 69.0 Å². The predicted octanol–water partition coefficient (Wildman–Crippen LogP) is 12.1. The van der Waals surface area contributed by atoms with Crippen LogP contribution >= 0.6 is 0 Å². The van der Waals surface area contributed by atoms with Gasteiger partial charge >= 0.3 is 0 Å². The van der Waals surface area contributed by atoms with Crippen molar-refractivity contribution in [1.82, 2.24) is 0 Å². The molecule has 0 aliphatic heterocycles. The van der Waals surface area contributed by atoms with Gasteiger partial charge in [0.1, 0.15) is 36.1 Å². The molecule has 0 heterocycles. The molecule has 0 aliphatic carbocycles. The highest BCUT2D eigenvalue weighted by Gasteiger charge is 2.26. The van der Waals surface area contributed by atoms with Crippen molar-refractivity contribution < 1.29 is 49.2 Å². The van der Waals surface area contributed by atoms with Crippen molar-refractivity contribution in [3.8, 4) is 69.0 Å². The maximum absolute atomic E-state index is 11.5. The summed E-state index contributed by atoms with van der Waals surface area (Å²) in [4.78, 5) is 0. The van der Waals surface area contributed by atoms with E-state index in [-0.39, 0.29) is 45.8 Å². The second kappa shape index (κ2) is 21.9. The van der Waals surface area contributed by atoms with E-state index in [0.717, 1.165) is 28.3 Å². The summed E-state index contributed by atoms with van der Waals surface area (Å²) in [7, 11) is 0. The van der Waals surface area contributed by atoms with Gasteiger partial charge in [0.2, 0.25) is 17.2 Å². The maximum atomic E-state index is 11.5. The zero-order valence-electron chi connectivity index (χ0n) is 35.5. The minimum absolute atomic E-state index is 0.0263. The number of allylic oxidation sites excluding steroid dienone is 5. The van der Waals surface area contributed by atoms with Crippen LogP contribution < -0.4 is 23.7 Å². The molecule has 0 bridgehead atoms. The van der Waals surface area contributed by atoms with Crippen molar-refractivity contribution in [2.75, 3.05) is 6.61 Å². The van der Waals surface area contributed by atoms with Gasteiger partial charge in [-0.15, -0.1) is 32.9 Å². The number of rotatable bonds is 23. The molecular formula is C54H52O10. The van der Waals surface area contributed by atoms with E-state index in [4.69, 9.17) is 23.7 Å². The van der Waals surface area contributed by atoms with Crippen molar-refractivity contribution in [2.24, 2.45) is 0 Å². The molecule has 0 aliphatic rings. The Morgan fingerprint density at radius 2 is 0.828 bits per heavy atom. The Morgan fingerprint density at radius 1 is 0.422 bits per heavy atom. The van der Waals surface area contributed by atoms with Crippen LogP contribution in [0.15, 0.2) is 172 Å². The Morgan fingerprint density at radius 3 is 1.30 bits per heavy atom. The van der Waals surface area contributed by atoms with Crippen molar-refractivity contribution >= 4 is 0 Å². The summed E-state index contributed by atoms with van der Waals surface area (Å²) in [6, 6.07) is 31.3. The Hall–Kier alpha value is -7.66. The number of aliphatic hydroxyl groups excluding tert-OH is 2. The summed E-state index contributed by atoms with van der Waals surface area (Å²) >= 11 is 0. The molecule has 0 saturated carbocycles. The molecule has 0 saturated heterocycles. The molecule has 5 N–H and O–H groups in total. The lowest BCUT2D eigenvalue weighted by Gasteiger charge is -2.22. The number of benzene rings is 6. The first-order chi connectivity index (χ1) is 31.0. The molecule has 328 valence electrons. The van der Waals surface area contributed by atoms with Gasteiger partial charge in [-0.25, -0.2) is 0 Å². The van der Waals surface area contributed by atoms with Crippen molar-refractivity contribution in [2.45, 2.75) is 44.3 Å². The van der Waals surface area contributed by atoms with E-state index in [1.54, 1.807) is 66.8 Å². The summed E-state index contributed by atoms with van der Waals surface area (Å²) in [5.74, 6) is 0.261. The van der Waals surface area contributed by atoms with Gasteiger partial charge in [-0.05, 0) is 138 Å². The van der Waals surface area contributed by atoms with E-state index in [0.29, 0.717) is 54.9 Å². The van der Waals surface area contributed by atoms with Crippen molar-refractivity contribution in [3.05, 3.63) is 206 Å². The molecule has 6 aromatic rings. The standard InChI is InChI=1S/C54H52O10/c1-6-11-35-16-22-41(23-17-35)61-48-29-38(14-9-4)28-45(56)53(48)60-34-46(57)51(58)40-32-44(55)52(59)47(33-40)64-50-31-39(15-10-5)30-49(62-42-24-18-36(12-7-2)19-25-42)54(50)63-43-26-20-37(13-8-3)21-27-43/h6-10,16-33,46,51,55-59H,1-5,11-15,34H2. The molecule has 64 heavy (non-hydrogen) atoms. The first kappa shape index (κ1) is 45.9. The summed E-state index contributed by atoms with van der Waals surface area (Å²) in [5.41, 5.74) is 4.51. The lowest BCUT2D eigenvalue weighted by Crippen LogP contribution is -2.25. The van der Waals surface area contributed by atoms with Crippen LogP contribution in [0.25, 0.3) is 0 Å². The van der Waals surface area contributed by atoms with Gasteiger partial charge in [0.05, 0.1) is 0 Å². The number of hydrogen-bond acceptors (Lipinski definition) is 10. The topological polar surface area (TPSA) is 147 Å². The zero-order valence-corrected chi connectivity index (χ0v) is 35.5. The zero-order chi connectivity index (χ0) is 45.6. The average molecular weight is 861 g/mol. The van der Waals surface area contributed by atoms with Crippen LogP contribution in [0.1, 0.15) is 39.5 Å². The summed E-state index contributed by atoms with van der Waals surface area (Å²) < 4.78 is 31.3. The average Bonchev–Trinajstić information content (AvgIpc) is 3.28. The number of aromatic hydroxyl groups is 3. The summed E-state index contributed by atoms with van der Waals surface area (Å²) in [6.07, 6.45) is 8.39. The van der Waals surface area contributed by atoms with Gasteiger partial charge in [0.15, 0.2) is 34.5 Å². The third kappa shape index (κ3) is 11.8. The van der Waals surface area contributed by atoms with E-state index < -0.39 is 30.3 Å². The van der Waals surface area contributed by atoms with Gasteiger partial charge in [0, 0.05) is 0 Å². The minimum Gasteiger partial charge on any atom is -0.504 e. The normalized spacial score (nSPS) is 11.7. The van der Waals surface area contributed by atoms with Gasteiger partial charge in [0.25, 0.3) is 0 Å². The van der Waals surface area contributed by atoms with Crippen LogP contribution in [0.2, 0.25) is 0 Å². The van der Waals surface area contributed by atoms with E-state index in [2.05, 4.69) is 32.9 Å². The third-order valence-corrected chi connectivity index (χ3v) is 9.92. The molecule has 0 spiro atoms. The molecule has 6 aromatic carbocycles. The van der Waals surface area contributed by atoms with Gasteiger partial charge < -0.3 is 49.2 Å². The van der Waals surface area contributed by atoms with E-state index in [1.807, 2.05) is 54.6 Å². The first-order valence-corrected chi connectivity index (χ1v) is 20.6. The molecule has 2 atom stereocenters. The van der Waals surface area contributed by atoms with Gasteiger partial charge in [-0.1, -0.05) is 66.8 Å². The minimum atomic E-state index is -1.68. The van der Waals surface area contributed by atoms with Gasteiger partial charge in [-0.3, -0.25) is 0 Å². The van der Waals surface area contributed by atoms with Gasteiger partial charge in [-0.2, -0.15) is 0 Å². The Balaban J connectivity index is 1.30. The Kier molecular flexibility index (Phi) is 15.7. The van der Waals surface area contributed by atoms with Crippen LogP contribution in [-0.4, -0.2) is 38.2 Å². The van der Waals surface area contributed by atoms with E-state index in [1.165, 1.54) is 12.1 Å². The quantitative estimate of drug-likeness (QED) is 0.0311. The molecule has 0 amide bonds. The van der Waals surface area contributed by atoms with Crippen molar-refractivity contribution in [3.63, 3.8) is 0 Å². The second-order valence-corrected chi connectivity index (χ2v) is 14.9. The summed E-state index contributed by atoms with van der Waals surface area (Å²) in [6.45, 7) is 18.5. The molecule has 0 aromatic heterocycles. The lowest BCUT2D eigenvalue weighted by molar-refractivity contribution is -0.00998. The third-order valence-electron chi connectivity index (χ3n) is 9.92. The van der Waals surface area contributed by atoms with Crippen LogP contribution in [0.4, 0.5) is 0 Å². The second-order valence-electron chi connectivity index (χ2n) is 14.9.